The number of nitrogens with one attached hydrogen (secondary N) is 1. The van der Waals surface area contributed by atoms with Gasteiger partial charge in [0.1, 0.15) is 6.10 Å². The lowest BCUT2D eigenvalue weighted by Crippen LogP contribution is -2.31. The number of aromatic amines is 1. The van der Waals surface area contributed by atoms with Crippen molar-refractivity contribution >= 4 is 16.9 Å². The van der Waals surface area contributed by atoms with E-state index in [0.717, 1.165) is 29.4 Å². The van der Waals surface area contributed by atoms with Crippen LogP contribution in [0.3, 0.4) is 0 Å². The summed E-state index contributed by atoms with van der Waals surface area (Å²) in [6.07, 6.45) is -1.71. The van der Waals surface area contributed by atoms with Crippen molar-refractivity contribution < 1.29 is 22.7 Å². The Labute approximate surface area is 152 Å². The van der Waals surface area contributed by atoms with Gasteiger partial charge < -0.3 is 14.6 Å². The maximum atomic E-state index is 12.8. The number of carbonyl (C=O) groups excluding carboxylic acids is 1. The van der Waals surface area contributed by atoms with Gasteiger partial charge in [-0.1, -0.05) is 0 Å². The van der Waals surface area contributed by atoms with Crippen molar-refractivity contribution in [2.45, 2.75) is 18.7 Å². The van der Waals surface area contributed by atoms with Gasteiger partial charge in [-0.3, -0.25) is 4.79 Å². The number of likely N-dealkylation sites (tertiary alicyclic amines) is 1. The Kier molecular flexibility index (Phi) is 4.21. The van der Waals surface area contributed by atoms with Crippen LogP contribution in [0, 0.1) is 0 Å². The van der Waals surface area contributed by atoms with Gasteiger partial charge in [0.05, 0.1) is 29.5 Å². The molecule has 140 valence electrons. The van der Waals surface area contributed by atoms with Crippen molar-refractivity contribution in [2.75, 3.05) is 13.1 Å². The molecule has 3 aromatic rings. The van der Waals surface area contributed by atoms with Gasteiger partial charge in [0.2, 0.25) is 5.88 Å². The highest BCUT2D eigenvalue weighted by atomic mass is 19.4. The molecule has 27 heavy (non-hydrogen) atoms. The fourth-order valence-corrected chi connectivity index (χ4v) is 3.08. The van der Waals surface area contributed by atoms with Crippen LogP contribution in [0.1, 0.15) is 22.3 Å². The van der Waals surface area contributed by atoms with Gasteiger partial charge in [-0.15, -0.1) is 0 Å². The van der Waals surface area contributed by atoms with E-state index in [2.05, 4.69) is 15.0 Å². The number of nitrogens with zero attached hydrogens (tertiary/aromatic N) is 3. The summed E-state index contributed by atoms with van der Waals surface area (Å²) < 4.78 is 43.9. The highest BCUT2D eigenvalue weighted by Crippen LogP contribution is 2.31. The first kappa shape index (κ1) is 17.3. The van der Waals surface area contributed by atoms with Gasteiger partial charge in [-0.2, -0.15) is 13.2 Å². The maximum Gasteiger partial charge on any atom is 0.416 e. The third kappa shape index (κ3) is 3.57. The Morgan fingerprint density at radius 1 is 1.22 bits per heavy atom. The number of H-pyrrole nitrogens is 1. The molecular formula is C18H15F3N4O2. The predicted molar refractivity (Wildman–Crippen MR) is 90.3 cm³/mol. The Morgan fingerprint density at radius 2 is 2.07 bits per heavy atom. The lowest BCUT2D eigenvalue weighted by atomic mass is 10.2. The first-order valence-electron chi connectivity index (χ1n) is 8.32. The normalized spacial score (nSPS) is 17.4. The largest absolute Gasteiger partial charge is 0.472 e. The van der Waals surface area contributed by atoms with Crippen LogP contribution in [-0.4, -0.2) is 45.0 Å². The van der Waals surface area contributed by atoms with Crippen LogP contribution in [0.4, 0.5) is 13.2 Å². The van der Waals surface area contributed by atoms with Crippen molar-refractivity contribution in [1.29, 1.82) is 0 Å². The zero-order chi connectivity index (χ0) is 19.0. The fourth-order valence-electron chi connectivity index (χ4n) is 3.08. The number of fused-ring (bicyclic) bond motifs is 1. The minimum Gasteiger partial charge on any atom is -0.472 e. The Hall–Kier alpha value is -3.10. The molecule has 1 amide bonds. The van der Waals surface area contributed by atoms with E-state index in [0.29, 0.717) is 18.5 Å². The van der Waals surface area contributed by atoms with Gasteiger partial charge in [0.25, 0.3) is 5.91 Å². The Morgan fingerprint density at radius 3 is 2.89 bits per heavy atom. The van der Waals surface area contributed by atoms with Gasteiger partial charge in [-0.25, -0.2) is 9.97 Å². The van der Waals surface area contributed by atoms with Gasteiger partial charge >= 0.3 is 6.18 Å². The second-order valence-corrected chi connectivity index (χ2v) is 6.29. The summed E-state index contributed by atoms with van der Waals surface area (Å²) in [6.45, 7) is 0.751. The number of halogens is 3. The summed E-state index contributed by atoms with van der Waals surface area (Å²) in [6, 6.07) is 6.95. The van der Waals surface area contributed by atoms with Gasteiger partial charge in [0, 0.05) is 30.8 Å². The molecule has 1 atom stereocenters. The molecule has 6 nitrogen and oxygen atoms in total. The number of hydrogen-bond donors (Lipinski definition) is 1. The van der Waals surface area contributed by atoms with E-state index < -0.39 is 17.8 Å². The fraction of sp³-hybridized carbons (Fsp3) is 0.278. The summed E-state index contributed by atoms with van der Waals surface area (Å²) >= 11 is 0. The number of imidazole rings is 1. The first-order valence-corrected chi connectivity index (χ1v) is 8.32. The van der Waals surface area contributed by atoms with E-state index in [-0.39, 0.29) is 18.3 Å². The Balaban J connectivity index is 1.43. The van der Waals surface area contributed by atoms with Crippen molar-refractivity contribution in [3.05, 3.63) is 54.0 Å². The molecule has 0 aliphatic carbocycles. The lowest BCUT2D eigenvalue weighted by Gasteiger charge is -2.17. The number of alkyl halides is 3. The second kappa shape index (κ2) is 6.57. The molecule has 0 spiro atoms. The molecular weight excluding hydrogens is 361 g/mol. The van der Waals surface area contributed by atoms with Crippen molar-refractivity contribution in [2.24, 2.45) is 0 Å². The molecule has 2 aromatic heterocycles. The van der Waals surface area contributed by atoms with E-state index >= 15 is 0 Å². The van der Waals surface area contributed by atoms with Gasteiger partial charge in [-0.05, 0) is 24.3 Å². The molecule has 1 N–H and O–H groups in total. The topological polar surface area (TPSA) is 71.1 Å². The maximum absolute atomic E-state index is 12.8. The average molecular weight is 376 g/mol. The van der Waals surface area contributed by atoms with Crippen LogP contribution >= 0.6 is 0 Å². The van der Waals surface area contributed by atoms with Crippen molar-refractivity contribution in [3.63, 3.8) is 0 Å². The van der Waals surface area contributed by atoms with Crippen molar-refractivity contribution in [1.82, 2.24) is 19.9 Å². The van der Waals surface area contributed by atoms with Crippen LogP contribution < -0.4 is 4.74 Å². The third-order valence-corrected chi connectivity index (χ3v) is 4.45. The number of ether oxygens (including phenoxy) is 1. The van der Waals surface area contributed by atoms with Crippen LogP contribution in [0.5, 0.6) is 5.88 Å². The minimum absolute atomic E-state index is 0.0944. The van der Waals surface area contributed by atoms with E-state index in [1.165, 1.54) is 0 Å². The molecule has 0 radical (unpaired) electrons. The lowest BCUT2D eigenvalue weighted by molar-refractivity contribution is -0.137. The SMILES string of the molecule is O=C(c1ccc2nc[nH]c2c1)N1CC[C@H](Oc2cc(C(F)(F)F)ccn2)C1. The monoisotopic (exact) mass is 376 g/mol. The molecule has 1 saturated heterocycles. The van der Waals surface area contributed by atoms with Crippen LogP contribution in [-0.2, 0) is 6.18 Å². The second-order valence-electron chi connectivity index (χ2n) is 6.29. The smallest absolute Gasteiger partial charge is 0.416 e. The average Bonchev–Trinajstić information content (AvgIpc) is 3.29. The predicted octanol–water partition coefficient (Wildman–Crippen LogP) is 3.27. The number of amides is 1. The van der Waals surface area contributed by atoms with E-state index in [4.69, 9.17) is 4.74 Å². The number of hydrogen-bond acceptors (Lipinski definition) is 4. The number of pyridine rings is 1. The summed E-state index contributed by atoms with van der Waals surface area (Å²) in [5.74, 6) is -0.252. The number of aromatic nitrogens is 3. The zero-order valence-electron chi connectivity index (χ0n) is 14.0. The van der Waals surface area contributed by atoms with Crippen LogP contribution in [0.25, 0.3) is 11.0 Å². The molecule has 1 aliphatic rings. The number of benzene rings is 1. The van der Waals surface area contributed by atoms with E-state index in [1.807, 2.05) is 0 Å². The molecule has 0 bridgehead atoms. The quantitative estimate of drug-likeness (QED) is 0.762. The highest BCUT2D eigenvalue weighted by Gasteiger charge is 2.32. The van der Waals surface area contributed by atoms with E-state index in [1.54, 1.807) is 29.4 Å². The van der Waals surface area contributed by atoms with Crippen molar-refractivity contribution in [3.8, 4) is 5.88 Å². The highest BCUT2D eigenvalue weighted by molar-refractivity contribution is 5.97. The van der Waals surface area contributed by atoms with Crippen LogP contribution in [0.2, 0.25) is 0 Å². The number of carbonyl (C=O) groups is 1. The molecule has 3 heterocycles. The molecule has 9 heteroatoms. The standard InChI is InChI=1S/C18H15F3N4O2/c19-18(20,21)12-3-5-22-16(8-12)27-13-4-6-25(9-13)17(26)11-1-2-14-15(7-11)24-10-23-14/h1-3,5,7-8,10,13H,4,6,9H2,(H,23,24)/t13-/m0/s1. The number of rotatable bonds is 3. The first-order chi connectivity index (χ1) is 12.9. The summed E-state index contributed by atoms with van der Waals surface area (Å²) in [5, 5.41) is 0. The minimum atomic E-state index is -4.45. The Bertz CT molecular complexity index is 986. The molecule has 1 aliphatic heterocycles. The summed E-state index contributed by atoms with van der Waals surface area (Å²) in [7, 11) is 0. The third-order valence-electron chi connectivity index (χ3n) is 4.45. The summed E-state index contributed by atoms with van der Waals surface area (Å²) in [4.78, 5) is 25.2. The molecule has 0 saturated carbocycles. The summed E-state index contributed by atoms with van der Waals surface area (Å²) in [5.41, 5.74) is 1.24. The van der Waals surface area contributed by atoms with Gasteiger partial charge in [0.15, 0.2) is 0 Å². The van der Waals surface area contributed by atoms with E-state index in [9.17, 15) is 18.0 Å². The van der Waals surface area contributed by atoms with Crippen LogP contribution in [0.15, 0.2) is 42.9 Å². The molecule has 0 unspecified atom stereocenters. The molecule has 4 rings (SSSR count). The molecule has 1 aromatic carbocycles. The molecule has 1 fully saturated rings. The zero-order valence-corrected chi connectivity index (χ0v) is 14.0.